The summed E-state index contributed by atoms with van der Waals surface area (Å²) in [6.07, 6.45) is -2.29. The van der Waals surface area contributed by atoms with Gasteiger partial charge < -0.3 is 117 Å². The zero-order valence-corrected chi connectivity index (χ0v) is 76.7. The van der Waals surface area contributed by atoms with Gasteiger partial charge in [-0.05, 0) is 108 Å². The molecule has 5 aromatic carbocycles. The van der Waals surface area contributed by atoms with Crippen LogP contribution in [0, 0.1) is 23.7 Å². The molecule has 0 unspecified atom stereocenters. The second-order valence-electron chi connectivity index (χ2n) is 34.3. The third kappa shape index (κ3) is 33.8. The summed E-state index contributed by atoms with van der Waals surface area (Å²) in [5, 5.41) is 67.9. The molecule has 24 N–H and O–H groups in total. The fraction of sp³-hybridized carbons (Fsp3) is 0.457. The number of carbonyl (C=O) groups excluding carboxylic acids is 17. The van der Waals surface area contributed by atoms with Crippen molar-refractivity contribution >= 4 is 129 Å². The smallest absolute Gasteiger partial charge is 0.305 e. The molecule has 41 heteroatoms. The van der Waals surface area contributed by atoms with Crippen LogP contribution in [0.4, 0.5) is 0 Å². The second kappa shape index (κ2) is 51.7. The Hall–Kier alpha value is -13.8. The predicted molar refractivity (Wildman–Crippen MR) is 492 cm³/mol. The molecule has 0 spiro atoms. The molecule has 1 aliphatic rings. The molecule has 133 heavy (non-hydrogen) atoms. The number of phenolic OH excluding ortho intramolecular Hbond substituents is 1. The Morgan fingerprint density at radius 3 is 1.35 bits per heavy atom. The number of benzene rings is 5. The number of H-pyrrole nitrogens is 1. The third-order valence-electron chi connectivity index (χ3n) is 21.6. The van der Waals surface area contributed by atoms with Gasteiger partial charge in [0.1, 0.15) is 90.3 Å². The number of aromatic hydroxyl groups is 1. The summed E-state index contributed by atoms with van der Waals surface area (Å²) in [6.45, 7) is 12.0. The van der Waals surface area contributed by atoms with E-state index in [9.17, 15) is 72.9 Å². The number of rotatable bonds is 25. The first kappa shape index (κ1) is 106. The molecule has 0 radical (unpaired) electrons. The summed E-state index contributed by atoms with van der Waals surface area (Å²) >= 11 is 0.700. The molecule has 1 aromatic heterocycles. The molecule has 1 fully saturated rings. The number of aromatic nitrogens is 1. The zero-order valence-electron chi connectivity index (χ0n) is 75.8. The lowest BCUT2D eigenvalue weighted by molar-refractivity contribution is -0.141. The molecule has 6 aromatic rings. The maximum atomic E-state index is 15.4. The summed E-state index contributed by atoms with van der Waals surface area (Å²) in [7, 11) is 1.18. The van der Waals surface area contributed by atoms with Gasteiger partial charge in [0.2, 0.25) is 100 Å². The predicted octanol–water partition coefficient (Wildman–Crippen LogP) is -1.60. The first-order valence-corrected chi connectivity index (χ1v) is 44.8. The van der Waals surface area contributed by atoms with Crippen molar-refractivity contribution in [3.05, 3.63) is 162 Å². The maximum absolute atomic E-state index is 15.4. The number of hydrogen-bond acceptors (Lipinski definition) is 22. The van der Waals surface area contributed by atoms with Gasteiger partial charge in [0.25, 0.3) is 0 Å². The molecular formula is C92H123N19O21S. The summed E-state index contributed by atoms with van der Waals surface area (Å²) < 4.78 is 0. The van der Waals surface area contributed by atoms with E-state index in [0.29, 0.717) is 44.9 Å². The van der Waals surface area contributed by atoms with Crippen molar-refractivity contribution in [3.63, 3.8) is 0 Å². The third-order valence-corrected chi connectivity index (χ3v) is 22.7. The highest BCUT2D eigenvalue weighted by Crippen LogP contribution is 2.24. The number of aliphatic hydroxyl groups excluding tert-OH is 1. The number of nitrogens with two attached hydrogens (primary N) is 3. The minimum atomic E-state index is -2.07. The van der Waals surface area contributed by atoms with Crippen LogP contribution in [0.1, 0.15) is 117 Å². The Balaban J connectivity index is 1.31. The first-order valence-electron chi connectivity index (χ1n) is 43.7. The summed E-state index contributed by atoms with van der Waals surface area (Å²) in [5.74, 6) is -23.1. The number of aromatic amines is 1. The van der Waals surface area contributed by atoms with Crippen LogP contribution in [-0.4, -0.2) is 254 Å². The number of fused-ring (bicyclic) bond motifs is 1. The molecule has 17 amide bonds. The minimum Gasteiger partial charge on any atom is -0.508 e. The molecule has 2 heterocycles. The van der Waals surface area contributed by atoms with E-state index in [1.807, 2.05) is 30.3 Å². The SMILES string of the molecule is CC(C)C[C@@H]1NC(=O)[C@H](Cc2c[nH]c3ccccc23)NC(=O)[C@H](CC(=O)O)NC(=O)[C@H](Cc2ccc(O)cc2)NC(=O)[C@H](Cc2ccccc2)NC(=O)CSC[C@@H](C(=O)N[C@@H](C)C(N)=O)NC(=O)[C@H](CO)NC(=O)[C@H](C(C)C)NC(=O)[C@H](CC(C)C)NC(=O)[C@H](CC(N)=O)NC(=O)CN(C)C(=O)[C@@H](CCN)NC(=O)[C@H](C(C)C)NC(=O)[C@H](Cc2ccc(-c3ccccc3)cc2)NC1=O. The van der Waals surface area contributed by atoms with Gasteiger partial charge in [0.15, 0.2) is 0 Å². The first-order chi connectivity index (χ1) is 63.0. The summed E-state index contributed by atoms with van der Waals surface area (Å²) in [5.41, 5.74) is 21.0. The van der Waals surface area contributed by atoms with Crippen LogP contribution >= 0.6 is 11.8 Å². The van der Waals surface area contributed by atoms with E-state index in [0.717, 1.165) is 16.0 Å². The number of primary amides is 2. The lowest BCUT2D eigenvalue weighted by Gasteiger charge is -2.30. The van der Waals surface area contributed by atoms with Crippen LogP contribution in [0.3, 0.4) is 0 Å². The molecule has 0 saturated carbocycles. The molecule has 7 rings (SSSR count). The number of carbonyl (C=O) groups is 18. The number of hydrogen-bond donors (Lipinski definition) is 21. The summed E-state index contributed by atoms with van der Waals surface area (Å²) in [6, 6.07) is 13.7. The fourth-order valence-electron chi connectivity index (χ4n) is 14.5. The largest absolute Gasteiger partial charge is 0.508 e. The van der Waals surface area contributed by atoms with Gasteiger partial charge in [-0.2, -0.15) is 0 Å². The number of nitrogens with zero attached hydrogens (tertiary/aromatic N) is 1. The van der Waals surface area contributed by atoms with Crippen LogP contribution in [0.5, 0.6) is 5.75 Å². The Morgan fingerprint density at radius 2 is 0.857 bits per heavy atom. The lowest BCUT2D eigenvalue weighted by atomic mass is 9.97. The van der Waals surface area contributed by atoms with Crippen molar-refractivity contribution in [2.24, 2.45) is 40.9 Å². The van der Waals surface area contributed by atoms with Crippen LogP contribution in [-0.2, 0) is 112 Å². The number of amides is 17. The van der Waals surface area contributed by atoms with Crippen LogP contribution < -0.4 is 91.6 Å². The van der Waals surface area contributed by atoms with Crippen LogP contribution in [0.15, 0.2) is 140 Å². The fourth-order valence-corrected chi connectivity index (χ4v) is 15.3. The molecule has 40 nitrogen and oxygen atoms in total. The minimum absolute atomic E-state index is 0.130. The van der Waals surface area contributed by atoms with Crippen molar-refractivity contribution < 1.29 is 102 Å². The maximum Gasteiger partial charge on any atom is 0.305 e. The van der Waals surface area contributed by atoms with E-state index in [4.69, 9.17) is 17.2 Å². The van der Waals surface area contributed by atoms with E-state index in [1.54, 1.807) is 127 Å². The molecular weight excluding hydrogens is 1740 g/mol. The van der Waals surface area contributed by atoms with Gasteiger partial charge in [-0.1, -0.05) is 171 Å². The van der Waals surface area contributed by atoms with Crippen molar-refractivity contribution in [3.8, 4) is 16.9 Å². The van der Waals surface area contributed by atoms with Crippen molar-refractivity contribution in [2.45, 2.75) is 205 Å². The van der Waals surface area contributed by atoms with Gasteiger partial charge in [0.05, 0.1) is 31.7 Å². The highest BCUT2D eigenvalue weighted by Gasteiger charge is 2.41. The average molecular weight is 1860 g/mol. The number of aliphatic hydroxyl groups is 1. The molecule has 0 aliphatic carbocycles. The van der Waals surface area contributed by atoms with Crippen molar-refractivity contribution in [1.82, 2.24) is 84.3 Å². The monoisotopic (exact) mass is 1860 g/mol. The Labute approximate surface area is 773 Å². The molecule has 0 bridgehead atoms. The van der Waals surface area contributed by atoms with Crippen molar-refractivity contribution in [1.29, 1.82) is 0 Å². The van der Waals surface area contributed by atoms with E-state index in [-0.39, 0.29) is 56.7 Å². The standard InChI is InChI=1S/C92H123N19O21S/c1-48(2)35-63-80(120)104-67(38-54-25-29-57(30-26-54)56-21-15-12-16-22-56)87(127)110-77(50(5)6)90(130)100-62(33-34-93)92(132)111(10)44-74(115)98-69(41-73(94)114)84(124)102-64(36-49(3)4)86(126)109-78(51(7)8)91(131)107-71(45-112)88(128)108-72(89(129)97-52(9)79(95)119)46-133-47-75(116)99-65(37-53-19-13-11-14-20-53)81(121)103-66(39-55-27-31-59(113)32-28-55)82(122)106-70(42-76(117)118)85(125)105-68(83(123)101-63)40-58-43-96-61-24-18-17-23-60(58)61/h11-32,43,48-52,62-72,77-78,96,112-113H,33-42,44-47,93H2,1-10H3,(H2,94,114)(H2,95,119)(H,97,129)(H,98,115)(H,99,116)(H,100,130)(H,101,123)(H,102,124)(H,103,121)(H,104,120)(H,105,125)(H,106,122)(H,107,131)(H,108,128)(H,109,126)(H,110,127)(H,117,118)/t52-,62+,63-,64-,65-,66-,67-,68-,69-,70-,71-,72-,77-,78-/m0/s1. The van der Waals surface area contributed by atoms with Crippen LogP contribution in [0.2, 0.25) is 0 Å². The number of aliphatic carboxylic acids is 1. The van der Waals surface area contributed by atoms with E-state index < -0.39 is 253 Å². The number of para-hydroxylation sites is 1. The Kier molecular flexibility index (Phi) is 41.3. The lowest BCUT2D eigenvalue weighted by Crippen LogP contribution is -2.62. The Bertz CT molecular complexity index is 5080. The average Bonchev–Trinajstić information content (AvgIpc) is 1.69. The number of carboxylic acids is 1. The second-order valence-corrected chi connectivity index (χ2v) is 35.3. The van der Waals surface area contributed by atoms with E-state index in [1.165, 1.54) is 52.1 Å². The van der Waals surface area contributed by atoms with Gasteiger partial charge in [0, 0.05) is 55.6 Å². The topological polar surface area (TPSA) is 633 Å². The molecule has 718 valence electrons. The van der Waals surface area contributed by atoms with Crippen molar-refractivity contribution in [2.75, 3.05) is 38.2 Å². The highest BCUT2D eigenvalue weighted by molar-refractivity contribution is 8.00. The van der Waals surface area contributed by atoms with E-state index >= 15 is 28.8 Å². The molecule has 1 aliphatic heterocycles. The number of nitrogens with one attached hydrogen (secondary N) is 15. The number of likely N-dealkylation sites (N-methyl/N-ethyl adjacent to an activating group) is 1. The van der Waals surface area contributed by atoms with Gasteiger partial charge in [-0.25, -0.2) is 0 Å². The normalized spacial score (nSPS) is 23.0. The molecule has 1 saturated heterocycles. The Morgan fingerprint density at radius 1 is 0.451 bits per heavy atom. The zero-order chi connectivity index (χ0) is 98.0. The van der Waals surface area contributed by atoms with Gasteiger partial charge >= 0.3 is 5.97 Å². The number of phenols is 1. The highest BCUT2D eigenvalue weighted by atomic mass is 32.2. The van der Waals surface area contributed by atoms with Gasteiger partial charge in [-0.15, -0.1) is 11.8 Å². The quantitative estimate of drug-likeness (QED) is 0.0307. The number of carboxylic acid groups (broad SMARTS) is 1. The van der Waals surface area contributed by atoms with E-state index in [2.05, 4.69) is 79.4 Å². The summed E-state index contributed by atoms with van der Waals surface area (Å²) in [4.78, 5) is 262. The number of thioether (sulfide) groups is 1. The molecule has 14 atom stereocenters. The van der Waals surface area contributed by atoms with Crippen LogP contribution in [0.25, 0.3) is 22.0 Å². The van der Waals surface area contributed by atoms with Gasteiger partial charge in [-0.3, -0.25) is 86.3 Å².